The minimum absolute atomic E-state index is 0.0907. The second-order valence-corrected chi connectivity index (χ2v) is 2.71. The Hall–Kier alpha value is -1.91. The lowest BCUT2D eigenvalue weighted by Gasteiger charge is -2.01. The second kappa shape index (κ2) is 2.55. The molecule has 0 aromatic heterocycles. The molecule has 2 rings (SSSR count). The van der Waals surface area contributed by atoms with Gasteiger partial charge in [-0.1, -0.05) is 0 Å². The van der Waals surface area contributed by atoms with Crippen LogP contribution >= 0.6 is 0 Å². The number of fused-ring (bicyclic) bond motifs is 1. The molecular formula is C8H6N3O2. The van der Waals surface area contributed by atoms with Gasteiger partial charge in [-0.25, -0.2) is 10.3 Å². The van der Waals surface area contributed by atoms with E-state index in [4.69, 9.17) is 0 Å². The van der Waals surface area contributed by atoms with E-state index in [1.807, 2.05) is 0 Å². The average molecular weight is 176 g/mol. The van der Waals surface area contributed by atoms with Gasteiger partial charge in [0.1, 0.15) is 12.0 Å². The summed E-state index contributed by atoms with van der Waals surface area (Å²) in [5, 5.41) is 14.5. The highest BCUT2D eigenvalue weighted by molar-refractivity contribution is 5.85. The Bertz CT molecular complexity index is 412. The third-order valence-corrected chi connectivity index (χ3v) is 1.96. The van der Waals surface area contributed by atoms with Gasteiger partial charge in [-0.3, -0.25) is 10.1 Å². The van der Waals surface area contributed by atoms with Crippen LogP contribution in [0.15, 0.2) is 17.1 Å². The molecule has 1 aliphatic rings. The molecule has 5 nitrogen and oxygen atoms in total. The molecular weight excluding hydrogens is 170 g/mol. The molecule has 0 aliphatic carbocycles. The first-order valence-corrected chi connectivity index (χ1v) is 3.71. The minimum Gasteiger partial charge on any atom is -0.258 e. The Morgan fingerprint density at radius 2 is 2.23 bits per heavy atom. The van der Waals surface area contributed by atoms with Crippen molar-refractivity contribution >= 4 is 23.4 Å². The molecule has 0 saturated carbocycles. The highest BCUT2D eigenvalue weighted by atomic mass is 16.6. The van der Waals surface area contributed by atoms with E-state index in [0.29, 0.717) is 16.9 Å². The van der Waals surface area contributed by atoms with Crippen LogP contribution < -0.4 is 5.32 Å². The van der Waals surface area contributed by atoms with E-state index in [1.54, 1.807) is 13.0 Å². The average Bonchev–Trinajstić information content (AvgIpc) is 2.52. The summed E-state index contributed by atoms with van der Waals surface area (Å²) in [5.74, 6) is 0. The standard InChI is InChI=1S/C8H6N3O2/c1-5-7(11(12)13)3-2-6-8(5)10-4-9-6/h2-4H,1H3. The molecule has 0 unspecified atom stereocenters. The van der Waals surface area contributed by atoms with Crippen molar-refractivity contribution in [2.24, 2.45) is 4.99 Å². The van der Waals surface area contributed by atoms with E-state index >= 15 is 0 Å². The van der Waals surface area contributed by atoms with Crippen LogP contribution in [0.4, 0.5) is 17.1 Å². The zero-order valence-electron chi connectivity index (χ0n) is 6.89. The number of rotatable bonds is 1. The fourth-order valence-corrected chi connectivity index (χ4v) is 1.29. The van der Waals surface area contributed by atoms with Crippen LogP contribution in [-0.2, 0) is 0 Å². The molecule has 1 heterocycles. The van der Waals surface area contributed by atoms with Crippen LogP contribution in [0, 0.1) is 17.0 Å². The number of nitrogens with zero attached hydrogens (tertiary/aromatic N) is 3. The predicted molar refractivity (Wildman–Crippen MR) is 47.8 cm³/mol. The molecule has 0 N–H and O–H groups in total. The van der Waals surface area contributed by atoms with Crippen LogP contribution in [0.2, 0.25) is 0 Å². The molecule has 0 saturated heterocycles. The Balaban J connectivity index is 2.62. The van der Waals surface area contributed by atoms with Gasteiger partial charge >= 0.3 is 0 Å². The zero-order valence-corrected chi connectivity index (χ0v) is 6.89. The highest BCUT2D eigenvalue weighted by Crippen LogP contribution is 2.36. The summed E-state index contributed by atoms with van der Waals surface area (Å²) in [6.07, 6.45) is 1.40. The van der Waals surface area contributed by atoms with Gasteiger partial charge in [-0.15, -0.1) is 0 Å². The number of benzene rings is 1. The summed E-state index contributed by atoms with van der Waals surface area (Å²) in [7, 11) is 0. The van der Waals surface area contributed by atoms with Gasteiger partial charge in [0.2, 0.25) is 0 Å². The summed E-state index contributed by atoms with van der Waals surface area (Å²) >= 11 is 0. The molecule has 0 bridgehead atoms. The quantitative estimate of drug-likeness (QED) is 0.483. The summed E-state index contributed by atoms with van der Waals surface area (Å²) in [4.78, 5) is 14.1. The Labute approximate surface area is 74.3 Å². The molecule has 65 valence electrons. The van der Waals surface area contributed by atoms with Gasteiger partial charge in [0.25, 0.3) is 5.69 Å². The number of hydrogen-bond acceptors (Lipinski definition) is 3. The number of nitro benzene ring substituents is 1. The summed E-state index contributed by atoms with van der Waals surface area (Å²) in [6.45, 7) is 1.68. The maximum Gasteiger partial charge on any atom is 0.274 e. The van der Waals surface area contributed by atoms with Crippen molar-refractivity contribution in [2.45, 2.75) is 6.92 Å². The number of nitro groups is 1. The van der Waals surface area contributed by atoms with E-state index in [1.165, 1.54) is 12.4 Å². The monoisotopic (exact) mass is 176 g/mol. The molecule has 1 aromatic carbocycles. The Morgan fingerprint density at radius 3 is 2.92 bits per heavy atom. The largest absolute Gasteiger partial charge is 0.274 e. The maximum atomic E-state index is 10.5. The molecule has 0 atom stereocenters. The van der Waals surface area contributed by atoms with Crippen LogP contribution in [0.3, 0.4) is 0 Å². The third-order valence-electron chi connectivity index (χ3n) is 1.96. The molecule has 0 fully saturated rings. The summed E-state index contributed by atoms with van der Waals surface area (Å²) < 4.78 is 0. The lowest BCUT2D eigenvalue weighted by molar-refractivity contribution is -0.385. The highest BCUT2D eigenvalue weighted by Gasteiger charge is 2.19. The fourth-order valence-electron chi connectivity index (χ4n) is 1.29. The van der Waals surface area contributed by atoms with Crippen LogP contribution in [-0.4, -0.2) is 11.3 Å². The van der Waals surface area contributed by atoms with Gasteiger partial charge in [-0.05, 0) is 13.0 Å². The molecule has 1 aliphatic heterocycles. The topological polar surface area (TPSA) is 69.6 Å². The van der Waals surface area contributed by atoms with Crippen molar-refractivity contribution in [2.75, 3.05) is 0 Å². The first-order chi connectivity index (χ1) is 6.20. The first-order valence-electron chi connectivity index (χ1n) is 3.71. The van der Waals surface area contributed by atoms with Crippen molar-refractivity contribution in [3.8, 4) is 0 Å². The fraction of sp³-hybridized carbons (Fsp3) is 0.125. The van der Waals surface area contributed by atoms with Crippen molar-refractivity contribution in [1.29, 1.82) is 0 Å². The van der Waals surface area contributed by atoms with Gasteiger partial charge in [0.15, 0.2) is 0 Å². The predicted octanol–water partition coefficient (Wildman–Crippen LogP) is 1.81. The minimum atomic E-state index is -0.413. The Kier molecular flexibility index (Phi) is 1.51. The van der Waals surface area contributed by atoms with E-state index in [0.717, 1.165) is 0 Å². The summed E-state index contributed by atoms with van der Waals surface area (Å²) in [5.41, 5.74) is 1.96. The van der Waals surface area contributed by atoms with Crippen molar-refractivity contribution in [3.05, 3.63) is 27.8 Å². The van der Waals surface area contributed by atoms with Crippen molar-refractivity contribution in [3.63, 3.8) is 0 Å². The molecule has 5 heteroatoms. The number of aliphatic imine (C=N–C) groups is 1. The molecule has 13 heavy (non-hydrogen) atoms. The van der Waals surface area contributed by atoms with E-state index in [-0.39, 0.29) is 5.69 Å². The van der Waals surface area contributed by atoms with E-state index in [2.05, 4.69) is 10.3 Å². The number of hydrogen-bond donors (Lipinski definition) is 0. The van der Waals surface area contributed by atoms with Gasteiger partial charge < -0.3 is 0 Å². The van der Waals surface area contributed by atoms with Gasteiger partial charge in [0.05, 0.1) is 16.2 Å². The van der Waals surface area contributed by atoms with Gasteiger partial charge in [0, 0.05) is 6.07 Å². The first kappa shape index (κ1) is 7.72. The molecule has 1 radical (unpaired) electrons. The second-order valence-electron chi connectivity index (χ2n) is 2.71. The normalized spacial score (nSPS) is 12.4. The van der Waals surface area contributed by atoms with E-state index in [9.17, 15) is 10.1 Å². The molecule has 0 amide bonds. The van der Waals surface area contributed by atoms with Crippen LogP contribution in [0.5, 0.6) is 0 Å². The van der Waals surface area contributed by atoms with Gasteiger partial charge in [-0.2, -0.15) is 0 Å². The zero-order chi connectivity index (χ0) is 9.42. The Morgan fingerprint density at radius 1 is 1.46 bits per heavy atom. The lowest BCUT2D eigenvalue weighted by atomic mass is 10.1. The SMILES string of the molecule is Cc1c([N+](=O)[O-])ccc2c1[N]C=N2. The third kappa shape index (κ3) is 1.05. The summed E-state index contributed by atoms with van der Waals surface area (Å²) in [6, 6.07) is 3.06. The van der Waals surface area contributed by atoms with Crippen molar-refractivity contribution in [1.82, 2.24) is 5.32 Å². The molecule has 1 aromatic rings. The maximum absolute atomic E-state index is 10.5. The smallest absolute Gasteiger partial charge is 0.258 e. The molecule has 0 spiro atoms. The van der Waals surface area contributed by atoms with Crippen LogP contribution in [0.25, 0.3) is 0 Å². The lowest BCUT2D eigenvalue weighted by Crippen LogP contribution is -1.95. The van der Waals surface area contributed by atoms with E-state index < -0.39 is 4.92 Å². The van der Waals surface area contributed by atoms with Crippen LogP contribution in [0.1, 0.15) is 5.56 Å². The van der Waals surface area contributed by atoms with Crippen molar-refractivity contribution < 1.29 is 4.92 Å².